The summed E-state index contributed by atoms with van der Waals surface area (Å²) >= 11 is 7.98. The van der Waals surface area contributed by atoms with Gasteiger partial charge in [-0.2, -0.15) is 0 Å². The molecule has 0 N–H and O–H groups in total. The first-order chi connectivity index (χ1) is 7.24. The first-order valence-corrected chi connectivity index (χ1v) is 19.2. The van der Waals surface area contributed by atoms with Crippen LogP contribution in [0.3, 0.4) is 0 Å². The van der Waals surface area contributed by atoms with E-state index in [1.54, 1.807) is 0 Å². The topological polar surface area (TPSA) is 0 Å². The molecule has 0 unspecified atom stereocenters. The monoisotopic (exact) mass is 388 g/mol. The summed E-state index contributed by atoms with van der Waals surface area (Å²) in [5.74, 6) is 0. The predicted octanol–water partition coefficient (Wildman–Crippen LogP) is 5.41. The summed E-state index contributed by atoms with van der Waals surface area (Å²) in [6, 6.07) is 0. The normalized spacial score (nSPS) is 11.3. The third-order valence-electron chi connectivity index (χ3n) is 2.35. The van der Waals surface area contributed by atoms with Gasteiger partial charge in [0, 0.05) is 0 Å². The van der Waals surface area contributed by atoms with Crippen LogP contribution in [0.5, 0.6) is 0 Å². The van der Waals surface area contributed by atoms with E-state index >= 15 is 0 Å². The summed E-state index contributed by atoms with van der Waals surface area (Å²) in [6.45, 7) is 4.53. The van der Waals surface area contributed by atoms with E-state index in [2.05, 4.69) is 13.8 Å². The Balaban J connectivity index is 4.38. The van der Waals surface area contributed by atoms with Crippen LogP contribution in [-0.4, -0.2) is 25.0 Å². The van der Waals surface area contributed by atoms with Gasteiger partial charge in [-0.1, -0.05) is 0 Å². The van der Waals surface area contributed by atoms with Crippen LogP contribution in [0.15, 0.2) is 0 Å². The fourth-order valence-electron chi connectivity index (χ4n) is 1.46. The molecule has 88 valence electrons. The van der Waals surface area contributed by atoms with E-state index in [9.17, 15) is 0 Å². The van der Waals surface area contributed by atoms with Crippen molar-refractivity contribution in [3.63, 3.8) is 0 Å². The van der Waals surface area contributed by atoms with E-state index < -0.39 is 15.6 Å². The fraction of sp³-hybridized carbons (Fsp3) is 0.800. The van der Waals surface area contributed by atoms with E-state index in [1.165, 1.54) is 34.6 Å². The number of hydrogen-bond acceptors (Lipinski definition) is 4. The van der Waals surface area contributed by atoms with Crippen molar-refractivity contribution in [3.8, 4) is 0 Å². The zero-order valence-electron chi connectivity index (χ0n) is 9.53. The van der Waals surface area contributed by atoms with Crippen molar-refractivity contribution in [2.45, 2.75) is 48.4 Å². The quantitative estimate of drug-likeness (QED) is 0.363. The second-order valence-electron chi connectivity index (χ2n) is 3.55. The minimum absolute atomic E-state index is 1.29. The molecule has 0 saturated heterocycles. The third kappa shape index (κ3) is 7.58. The van der Waals surface area contributed by atoms with E-state index in [4.69, 9.17) is 24.4 Å². The van der Waals surface area contributed by atoms with Crippen LogP contribution in [0.4, 0.5) is 0 Å². The van der Waals surface area contributed by atoms with Crippen LogP contribution >= 0.6 is 42.3 Å². The molecule has 0 atom stereocenters. The molecule has 0 saturated carbocycles. The molecule has 0 aliphatic rings. The summed E-state index contributed by atoms with van der Waals surface area (Å²) in [4.78, 5) is 0. The first kappa shape index (κ1) is 16.7. The van der Waals surface area contributed by atoms with Gasteiger partial charge in [-0.15, -0.1) is 0 Å². The zero-order valence-corrected chi connectivity index (χ0v) is 15.7. The fourth-order valence-corrected chi connectivity index (χ4v) is 32.4. The molecule has 0 aromatic heterocycles. The van der Waals surface area contributed by atoms with Crippen molar-refractivity contribution in [2.75, 3.05) is 0 Å². The number of rotatable bonds is 10. The van der Waals surface area contributed by atoms with Gasteiger partial charge in [0.1, 0.15) is 0 Å². The minimum atomic E-state index is -2.11. The molecule has 0 nitrogen and oxygen atoms in total. The molecule has 0 heterocycles. The van der Waals surface area contributed by atoms with Gasteiger partial charge in [0.25, 0.3) is 0 Å². The van der Waals surface area contributed by atoms with Crippen molar-refractivity contribution in [1.82, 2.24) is 0 Å². The Labute approximate surface area is 115 Å². The average molecular weight is 387 g/mol. The number of unbranched alkanes of at least 4 members (excludes halogenated alkanes) is 2. The molecule has 0 aliphatic carbocycles. The molecule has 0 aromatic rings. The summed E-state index contributed by atoms with van der Waals surface area (Å²) < 4.78 is 6.63. The van der Waals surface area contributed by atoms with Crippen LogP contribution in [0.1, 0.15) is 39.5 Å². The summed E-state index contributed by atoms with van der Waals surface area (Å²) in [5.41, 5.74) is 0. The zero-order chi connectivity index (χ0) is 11.6. The van der Waals surface area contributed by atoms with Gasteiger partial charge in [0.15, 0.2) is 0 Å². The Bertz CT molecular complexity index is 164. The maximum absolute atomic E-state index is 5.04. The second-order valence-corrected chi connectivity index (χ2v) is 29.9. The van der Waals surface area contributed by atoms with Gasteiger partial charge in [-0.05, 0) is 0 Å². The molecule has 0 aromatic carbocycles. The Morgan fingerprint density at radius 2 is 1.33 bits per heavy atom. The van der Waals surface area contributed by atoms with Crippen LogP contribution in [-0.2, 0) is 0 Å². The Kier molecular flexibility index (Phi) is 12.0. The van der Waals surface area contributed by atoms with Crippen molar-refractivity contribution < 1.29 is 0 Å². The molecule has 0 bridgehead atoms. The van der Waals surface area contributed by atoms with Crippen molar-refractivity contribution in [1.29, 1.82) is 0 Å². The molecule has 0 spiro atoms. The van der Waals surface area contributed by atoms with E-state index in [-0.39, 0.29) is 0 Å². The van der Waals surface area contributed by atoms with Crippen LogP contribution < -0.4 is 0 Å². The second kappa shape index (κ2) is 10.8. The Hall–Kier alpha value is 1.68. The van der Waals surface area contributed by atoms with Gasteiger partial charge in [0.05, 0.1) is 0 Å². The Morgan fingerprint density at radius 1 is 0.933 bits per heavy atom. The van der Waals surface area contributed by atoms with E-state index in [1.807, 2.05) is 27.3 Å². The molecule has 0 fully saturated rings. The predicted molar refractivity (Wildman–Crippen MR) is 87.7 cm³/mol. The standard InChI is InChI=1S/2C4H9.2CH2S2.Sn/c2*1-3-4-2;2*2-1-3;/h2*1,3-4H2,2H3;2*1H,(H,2,3);/q;;;;+2/p-2. The van der Waals surface area contributed by atoms with Gasteiger partial charge in [0.2, 0.25) is 0 Å². The van der Waals surface area contributed by atoms with Gasteiger partial charge in [-0.25, -0.2) is 0 Å². The number of hydrogen-bond donors (Lipinski definition) is 0. The molecular weight excluding hydrogens is 367 g/mol. The third-order valence-corrected chi connectivity index (χ3v) is 32.0. The van der Waals surface area contributed by atoms with Crippen molar-refractivity contribution in [2.24, 2.45) is 0 Å². The van der Waals surface area contributed by atoms with Gasteiger partial charge < -0.3 is 0 Å². The van der Waals surface area contributed by atoms with Crippen LogP contribution in [0, 0.1) is 0 Å². The molecule has 0 rings (SSSR count). The van der Waals surface area contributed by atoms with Gasteiger partial charge >= 0.3 is 116 Å². The molecular formula is C10H20S4Sn. The van der Waals surface area contributed by atoms with Crippen molar-refractivity contribution >= 4 is 67.3 Å². The molecule has 5 heteroatoms. The van der Waals surface area contributed by atoms with E-state index in [0.717, 1.165) is 0 Å². The van der Waals surface area contributed by atoms with Crippen molar-refractivity contribution in [3.05, 3.63) is 0 Å². The molecule has 15 heavy (non-hydrogen) atoms. The average Bonchev–Trinajstić information content (AvgIpc) is 2.24. The maximum atomic E-state index is 5.04. The Morgan fingerprint density at radius 3 is 1.60 bits per heavy atom. The molecule has 0 radical (unpaired) electrons. The summed E-state index contributed by atoms with van der Waals surface area (Å²) in [7, 11) is 3.99. The first-order valence-electron chi connectivity index (χ1n) is 5.47. The number of thiocarbonyl (C=S) groups is 2. The van der Waals surface area contributed by atoms with Crippen LogP contribution in [0.2, 0.25) is 8.87 Å². The van der Waals surface area contributed by atoms with Gasteiger partial charge in [-0.3, -0.25) is 0 Å². The van der Waals surface area contributed by atoms with Crippen LogP contribution in [0.25, 0.3) is 0 Å². The summed E-state index contributed by atoms with van der Waals surface area (Å²) in [5, 5.41) is 0. The summed E-state index contributed by atoms with van der Waals surface area (Å²) in [6.07, 6.45) is 5.29. The molecule has 0 amide bonds. The molecule has 0 aliphatic heterocycles. The van der Waals surface area contributed by atoms with E-state index in [0.29, 0.717) is 0 Å². The SMILES string of the molecule is CCC[CH2][Sn]([CH2]CCC)([S]C=S)[S]C=S.